The monoisotopic (exact) mass is 404 g/mol. The van der Waals surface area contributed by atoms with Crippen molar-refractivity contribution in [3.05, 3.63) is 59.7 Å². The number of hydrogen-bond donors (Lipinski definition) is 0. The number of hydrogen-bond acceptors (Lipinski definition) is 6. The third-order valence-electron chi connectivity index (χ3n) is 4.04. The molecule has 1 atom stereocenters. The van der Waals surface area contributed by atoms with Gasteiger partial charge >= 0.3 is 5.97 Å². The van der Waals surface area contributed by atoms with E-state index in [0.29, 0.717) is 17.9 Å². The van der Waals surface area contributed by atoms with E-state index in [0.717, 1.165) is 12.7 Å². The van der Waals surface area contributed by atoms with Crippen molar-refractivity contribution in [2.45, 2.75) is 31.1 Å². The van der Waals surface area contributed by atoms with E-state index in [1.807, 2.05) is 6.92 Å². The lowest BCUT2D eigenvalue weighted by Gasteiger charge is -2.16. The van der Waals surface area contributed by atoms with Crippen molar-refractivity contribution in [3.8, 4) is 5.75 Å². The molecule has 0 heterocycles. The second kappa shape index (κ2) is 9.50. The molecule has 0 saturated carbocycles. The van der Waals surface area contributed by atoms with Crippen LogP contribution in [0.15, 0.2) is 53.4 Å². The van der Waals surface area contributed by atoms with E-state index >= 15 is 0 Å². The molecule has 0 spiro atoms. The fraction of sp³-hybridized carbons (Fsp3) is 0.333. The van der Waals surface area contributed by atoms with Gasteiger partial charge in [-0.1, -0.05) is 31.2 Å². The minimum Gasteiger partial charge on any atom is -0.494 e. The zero-order valence-corrected chi connectivity index (χ0v) is 17.0. The Labute approximate surface area is 165 Å². The number of benzene rings is 2. The maximum atomic E-state index is 13.0. The van der Waals surface area contributed by atoms with Gasteiger partial charge < -0.3 is 9.47 Å². The number of carbonyl (C=O) groups excluding carboxylic acids is 2. The number of esters is 1. The number of carbonyl (C=O) groups is 2. The van der Waals surface area contributed by atoms with Crippen LogP contribution in [0.25, 0.3) is 0 Å². The number of ketones is 1. The zero-order chi connectivity index (χ0) is 20.7. The molecule has 150 valence electrons. The predicted molar refractivity (Wildman–Crippen MR) is 105 cm³/mol. The summed E-state index contributed by atoms with van der Waals surface area (Å²) in [6, 6.07) is 12.3. The zero-order valence-electron chi connectivity index (χ0n) is 16.2. The average molecular weight is 404 g/mol. The lowest BCUT2D eigenvalue weighted by Crippen LogP contribution is -2.24. The molecule has 1 unspecified atom stereocenters. The average Bonchev–Trinajstić information content (AvgIpc) is 2.67. The Bertz CT molecular complexity index is 914. The molecular weight excluding hydrogens is 380 g/mol. The maximum Gasteiger partial charge on any atom is 0.321 e. The molecule has 2 rings (SSSR count). The number of rotatable bonds is 9. The maximum absolute atomic E-state index is 13.0. The second-order valence-corrected chi connectivity index (χ2v) is 8.28. The Kier molecular flexibility index (Phi) is 7.34. The molecule has 6 nitrogen and oxygen atoms in total. The van der Waals surface area contributed by atoms with Gasteiger partial charge in [-0.3, -0.25) is 9.59 Å². The van der Waals surface area contributed by atoms with Crippen molar-refractivity contribution in [1.82, 2.24) is 0 Å². The van der Waals surface area contributed by atoms with Gasteiger partial charge in [0.2, 0.25) is 0 Å². The molecular formula is C21H24O6S. The quantitative estimate of drug-likeness (QED) is 0.362. The van der Waals surface area contributed by atoms with E-state index in [2.05, 4.69) is 0 Å². The molecule has 0 aromatic heterocycles. The van der Waals surface area contributed by atoms with Gasteiger partial charge in [-0.15, -0.1) is 0 Å². The van der Waals surface area contributed by atoms with E-state index in [1.54, 1.807) is 31.2 Å². The van der Waals surface area contributed by atoms with Crippen molar-refractivity contribution in [3.63, 3.8) is 0 Å². The van der Waals surface area contributed by atoms with Gasteiger partial charge in [-0.25, -0.2) is 8.42 Å². The van der Waals surface area contributed by atoms with Crippen molar-refractivity contribution >= 4 is 21.6 Å². The summed E-state index contributed by atoms with van der Waals surface area (Å²) >= 11 is 0. The van der Waals surface area contributed by atoms with Crippen molar-refractivity contribution < 1.29 is 27.5 Å². The van der Waals surface area contributed by atoms with E-state index in [9.17, 15) is 18.0 Å². The summed E-state index contributed by atoms with van der Waals surface area (Å²) in [4.78, 5) is 25.6. The Hall–Kier alpha value is -2.67. The molecule has 7 heteroatoms. The summed E-state index contributed by atoms with van der Waals surface area (Å²) in [5.41, 5.74) is 0.719. The van der Waals surface area contributed by atoms with Gasteiger partial charge in [0.1, 0.15) is 11.7 Å². The molecule has 0 aliphatic heterocycles. The fourth-order valence-corrected chi connectivity index (χ4v) is 3.26. The molecule has 0 aliphatic rings. The first-order valence-corrected chi connectivity index (χ1v) is 10.9. The van der Waals surface area contributed by atoms with Crippen molar-refractivity contribution in [1.29, 1.82) is 0 Å². The number of Topliss-reactive ketones (excluding diaryl/α,β-unsaturated/α-hetero) is 1. The van der Waals surface area contributed by atoms with Crippen LogP contribution in [0.5, 0.6) is 5.75 Å². The highest BCUT2D eigenvalue weighted by atomic mass is 32.2. The van der Waals surface area contributed by atoms with Crippen LogP contribution in [-0.2, 0) is 19.4 Å². The topological polar surface area (TPSA) is 86.7 Å². The highest BCUT2D eigenvalue weighted by Crippen LogP contribution is 2.26. The van der Waals surface area contributed by atoms with Gasteiger partial charge in [0.25, 0.3) is 0 Å². The van der Waals surface area contributed by atoms with Gasteiger partial charge in [-0.05, 0) is 43.2 Å². The summed E-state index contributed by atoms with van der Waals surface area (Å²) in [5, 5.41) is 0. The molecule has 0 amide bonds. The summed E-state index contributed by atoms with van der Waals surface area (Å²) in [6.45, 7) is 4.39. The first-order chi connectivity index (χ1) is 13.3. The minimum absolute atomic E-state index is 0.106. The first kappa shape index (κ1) is 21.6. The number of ether oxygens (including phenoxy) is 2. The van der Waals surface area contributed by atoms with E-state index in [4.69, 9.17) is 9.47 Å². The molecule has 0 aliphatic carbocycles. The van der Waals surface area contributed by atoms with Crippen LogP contribution in [-0.4, -0.2) is 39.6 Å². The molecule has 0 saturated heterocycles. The standard InChI is InChI=1S/C21H24O6S/c1-4-14-27-17-10-6-15(7-11-17)19(21(23)26-5-2)20(22)16-8-12-18(13-9-16)28(3,24)25/h6-13,19H,4-5,14H2,1-3H3. The third kappa shape index (κ3) is 5.42. The summed E-state index contributed by atoms with van der Waals surface area (Å²) in [5.74, 6) is -1.59. The molecule has 0 bridgehead atoms. The lowest BCUT2D eigenvalue weighted by atomic mass is 9.90. The van der Waals surface area contributed by atoms with Gasteiger partial charge in [0.15, 0.2) is 15.6 Å². The highest BCUT2D eigenvalue weighted by Gasteiger charge is 2.31. The Balaban J connectivity index is 2.34. The van der Waals surface area contributed by atoms with Crippen molar-refractivity contribution in [2.24, 2.45) is 0 Å². The Morgan fingerprint density at radius 3 is 2.07 bits per heavy atom. The van der Waals surface area contributed by atoms with Gasteiger partial charge in [0.05, 0.1) is 18.1 Å². The molecule has 2 aromatic carbocycles. The van der Waals surface area contributed by atoms with Crippen LogP contribution in [0.4, 0.5) is 0 Å². The Morgan fingerprint density at radius 1 is 0.964 bits per heavy atom. The summed E-state index contributed by atoms with van der Waals surface area (Å²) in [6.07, 6.45) is 1.96. The minimum atomic E-state index is -3.37. The van der Waals surface area contributed by atoms with Crippen LogP contribution in [0.2, 0.25) is 0 Å². The van der Waals surface area contributed by atoms with Crippen LogP contribution in [0, 0.1) is 0 Å². The first-order valence-electron chi connectivity index (χ1n) is 9.01. The number of sulfone groups is 1. The van der Waals surface area contributed by atoms with E-state index < -0.39 is 27.5 Å². The van der Waals surface area contributed by atoms with Gasteiger partial charge in [-0.2, -0.15) is 0 Å². The predicted octanol–water partition coefficient (Wildman–Crippen LogP) is 3.41. The summed E-state index contributed by atoms with van der Waals surface area (Å²) in [7, 11) is -3.37. The largest absolute Gasteiger partial charge is 0.494 e. The molecule has 2 aromatic rings. The van der Waals surface area contributed by atoms with Crippen molar-refractivity contribution in [2.75, 3.05) is 19.5 Å². The molecule has 0 N–H and O–H groups in total. The fourth-order valence-electron chi connectivity index (χ4n) is 2.63. The Morgan fingerprint density at radius 2 is 1.57 bits per heavy atom. The molecule has 28 heavy (non-hydrogen) atoms. The SMILES string of the molecule is CCCOc1ccc(C(C(=O)OCC)C(=O)c2ccc(S(C)(=O)=O)cc2)cc1. The third-order valence-corrected chi connectivity index (χ3v) is 5.17. The van der Waals surface area contributed by atoms with E-state index in [1.165, 1.54) is 24.3 Å². The van der Waals surface area contributed by atoms with Crippen LogP contribution >= 0.6 is 0 Å². The summed E-state index contributed by atoms with van der Waals surface area (Å²) < 4.78 is 33.8. The second-order valence-electron chi connectivity index (χ2n) is 6.26. The molecule has 0 radical (unpaired) electrons. The van der Waals surface area contributed by atoms with E-state index in [-0.39, 0.29) is 17.1 Å². The van der Waals surface area contributed by atoms with Crippen LogP contribution in [0.3, 0.4) is 0 Å². The smallest absolute Gasteiger partial charge is 0.321 e. The highest BCUT2D eigenvalue weighted by molar-refractivity contribution is 7.90. The van der Waals surface area contributed by atoms with Crippen LogP contribution in [0.1, 0.15) is 42.1 Å². The van der Waals surface area contributed by atoms with Crippen LogP contribution < -0.4 is 4.74 Å². The lowest BCUT2D eigenvalue weighted by molar-refractivity contribution is -0.143. The van der Waals surface area contributed by atoms with Gasteiger partial charge in [0, 0.05) is 11.8 Å². The normalized spacial score (nSPS) is 12.2. The molecule has 0 fully saturated rings.